The summed E-state index contributed by atoms with van der Waals surface area (Å²) >= 11 is 0. The van der Waals surface area contributed by atoms with Gasteiger partial charge in [0.2, 0.25) is 0 Å². The van der Waals surface area contributed by atoms with Crippen molar-refractivity contribution >= 4 is 0 Å². The van der Waals surface area contributed by atoms with Crippen molar-refractivity contribution in [2.24, 2.45) is 5.41 Å². The highest BCUT2D eigenvalue weighted by Crippen LogP contribution is 2.37. The first kappa shape index (κ1) is 13.8. The predicted octanol–water partition coefficient (Wildman–Crippen LogP) is 2.10. The first-order chi connectivity index (χ1) is 9.31. The van der Waals surface area contributed by atoms with E-state index in [4.69, 9.17) is 0 Å². The minimum Gasteiger partial charge on any atom is -0.396 e. The van der Waals surface area contributed by atoms with Crippen molar-refractivity contribution in [3.8, 4) is 0 Å². The Morgan fingerprint density at radius 1 is 0.947 bits per heavy atom. The van der Waals surface area contributed by atoms with Gasteiger partial charge in [-0.25, -0.2) is 0 Å². The molecular weight excluding hydrogens is 236 g/mol. The zero-order chi connectivity index (χ0) is 13.1. The molecule has 0 aromatic heterocycles. The normalized spacial score (nSPS) is 33.0. The lowest BCUT2D eigenvalue weighted by Gasteiger charge is -2.39. The molecule has 3 nitrogen and oxygen atoms in total. The van der Waals surface area contributed by atoms with Gasteiger partial charge in [0.05, 0.1) is 0 Å². The van der Waals surface area contributed by atoms with Gasteiger partial charge in [0, 0.05) is 31.2 Å². The molecule has 110 valence electrons. The average molecular weight is 266 g/mol. The van der Waals surface area contributed by atoms with Crippen molar-refractivity contribution < 1.29 is 5.11 Å². The van der Waals surface area contributed by atoms with Gasteiger partial charge in [-0.1, -0.05) is 19.3 Å². The molecule has 0 amide bonds. The number of aliphatic hydroxyl groups excluding tert-OH is 1. The minimum absolute atomic E-state index is 0.234. The van der Waals surface area contributed by atoms with Crippen LogP contribution in [0.5, 0.6) is 0 Å². The summed E-state index contributed by atoms with van der Waals surface area (Å²) in [5.41, 5.74) is 0.234. The van der Waals surface area contributed by atoms with Crippen LogP contribution in [0.3, 0.4) is 0 Å². The summed E-state index contributed by atoms with van der Waals surface area (Å²) in [6.45, 7) is 6.70. The zero-order valence-electron chi connectivity index (χ0n) is 12.3. The van der Waals surface area contributed by atoms with Crippen LogP contribution >= 0.6 is 0 Å². The average Bonchev–Trinajstić information content (AvgIpc) is 3.10. The maximum absolute atomic E-state index is 9.84. The highest BCUT2D eigenvalue weighted by Gasteiger charge is 2.36. The maximum atomic E-state index is 9.84. The highest BCUT2D eigenvalue weighted by atomic mass is 16.3. The van der Waals surface area contributed by atoms with E-state index in [0.717, 1.165) is 12.6 Å². The van der Waals surface area contributed by atoms with Gasteiger partial charge in [-0.05, 0) is 51.7 Å². The van der Waals surface area contributed by atoms with Crippen LogP contribution in [-0.2, 0) is 0 Å². The van der Waals surface area contributed by atoms with Crippen LogP contribution in [0.1, 0.15) is 51.4 Å². The van der Waals surface area contributed by atoms with Gasteiger partial charge in [-0.15, -0.1) is 0 Å². The monoisotopic (exact) mass is 266 g/mol. The summed E-state index contributed by atoms with van der Waals surface area (Å²) in [6.07, 6.45) is 10.7. The van der Waals surface area contributed by atoms with Gasteiger partial charge in [0.1, 0.15) is 0 Å². The van der Waals surface area contributed by atoms with E-state index in [2.05, 4.69) is 9.80 Å². The highest BCUT2D eigenvalue weighted by molar-refractivity contribution is 4.91. The Labute approximate surface area is 118 Å². The fraction of sp³-hybridized carbons (Fsp3) is 1.00. The van der Waals surface area contributed by atoms with E-state index in [1.54, 1.807) is 0 Å². The lowest BCUT2D eigenvalue weighted by atomic mass is 9.74. The Bertz CT molecular complexity index is 282. The van der Waals surface area contributed by atoms with E-state index < -0.39 is 0 Å². The second kappa shape index (κ2) is 6.11. The van der Waals surface area contributed by atoms with Gasteiger partial charge in [0.25, 0.3) is 0 Å². The molecule has 2 aliphatic heterocycles. The SMILES string of the molecule is OCC1(CN2CCC(N3CCCC3)C2)CCCCC1. The summed E-state index contributed by atoms with van der Waals surface area (Å²) in [5.74, 6) is 0. The summed E-state index contributed by atoms with van der Waals surface area (Å²) < 4.78 is 0. The van der Waals surface area contributed by atoms with Crippen LogP contribution < -0.4 is 0 Å². The Balaban J connectivity index is 1.52. The van der Waals surface area contributed by atoms with E-state index >= 15 is 0 Å². The van der Waals surface area contributed by atoms with Crippen molar-refractivity contribution in [2.75, 3.05) is 39.3 Å². The molecule has 0 aromatic carbocycles. The molecule has 0 aromatic rings. The molecule has 19 heavy (non-hydrogen) atoms. The molecule has 1 saturated carbocycles. The maximum Gasteiger partial charge on any atom is 0.0499 e. The summed E-state index contributed by atoms with van der Waals surface area (Å²) in [5, 5.41) is 9.84. The molecule has 1 aliphatic carbocycles. The van der Waals surface area contributed by atoms with Crippen LogP contribution in [0.2, 0.25) is 0 Å². The fourth-order valence-corrected chi connectivity index (χ4v) is 4.50. The molecule has 3 heteroatoms. The van der Waals surface area contributed by atoms with Crippen molar-refractivity contribution in [3.63, 3.8) is 0 Å². The van der Waals surface area contributed by atoms with E-state index in [-0.39, 0.29) is 5.41 Å². The number of hydrogen-bond acceptors (Lipinski definition) is 3. The zero-order valence-corrected chi connectivity index (χ0v) is 12.3. The van der Waals surface area contributed by atoms with Gasteiger partial charge >= 0.3 is 0 Å². The molecule has 1 atom stereocenters. The molecule has 1 unspecified atom stereocenters. The largest absolute Gasteiger partial charge is 0.396 e. The van der Waals surface area contributed by atoms with Crippen LogP contribution in [0.25, 0.3) is 0 Å². The van der Waals surface area contributed by atoms with Crippen molar-refractivity contribution in [3.05, 3.63) is 0 Å². The summed E-state index contributed by atoms with van der Waals surface area (Å²) in [4.78, 5) is 5.34. The Morgan fingerprint density at radius 3 is 2.37 bits per heavy atom. The lowest BCUT2D eigenvalue weighted by Crippen LogP contribution is -2.42. The van der Waals surface area contributed by atoms with E-state index in [0.29, 0.717) is 6.61 Å². The topological polar surface area (TPSA) is 26.7 Å². The molecule has 3 rings (SSSR count). The second-order valence-corrected chi connectivity index (χ2v) is 7.14. The Hall–Kier alpha value is -0.120. The minimum atomic E-state index is 0.234. The van der Waals surface area contributed by atoms with Crippen LogP contribution in [-0.4, -0.2) is 60.3 Å². The number of hydrogen-bond donors (Lipinski definition) is 1. The van der Waals surface area contributed by atoms with Gasteiger partial charge in [-0.3, -0.25) is 4.90 Å². The first-order valence-electron chi connectivity index (χ1n) is 8.39. The lowest BCUT2D eigenvalue weighted by molar-refractivity contribution is 0.0456. The molecule has 1 N–H and O–H groups in total. The second-order valence-electron chi connectivity index (χ2n) is 7.14. The molecule has 0 radical (unpaired) electrons. The predicted molar refractivity (Wildman–Crippen MR) is 78.3 cm³/mol. The number of nitrogens with zero attached hydrogens (tertiary/aromatic N) is 2. The molecule has 3 fully saturated rings. The van der Waals surface area contributed by atoms with Crippen LogP contribution in [0.15, 0.2) is 0 Å². The van der Waals surface area contributed by atoms with E-state index in [1.165, 1.54) is 77.5 Å². The number of aliphatic hydroxyl groups is 1. The molecule has 2 saturated heterocycles. The quantitative estimate of drug-likeness (QED) is 0.844. The molecule has 3 aliphatic rings. The summed E-state index contributed by atoms with van der Waals surface area (Å²) in [7, 11) is 0. The Kier molecular flexibility index (Phi) is 4.45. The van der Waals surface area contributed by atoms with E-state index in [1.807, 2.05) is 0 Å². The van der Waals surface area contributed by atoms with Crippen molar-refractivity contribution in [1.29, 1.82) is 0 Å². The van der Waals surface area contributed by atoms with Crippen LogP contribution in [0.4, 0.5) is 0 Å². The van der Waals surface area contributed by atoms with Gasteiger partial charge in [-0.2, -0.15) is 0 Å². The molecular formula is C16H30N2O. The number of likely N-dealkylation sites (tertiary alicyclic amines) is 2. The third-order valence-corrected chi connectivity index (χ3v) is 5.71. The van der Waals surface area contributed by atoms with Gasteiger partial charge in [0.15, 0.2) is 0 Å². The first-order valence-corrected chi connectivity index (χ1v) is 8.39. The molecule has 0 spiro atoms. The van der Waals surface area contributed by atoms with Gasteiger partial charge < -0.3 is 10.0 Å². The Morgan fingerprint density at radius 2 is 1.68 bits per heavy atom. The fourth-order valence-electron chi connectivity index (χ4n) is 4.50. The standard InChI is InChI=1S/C16H30N2O/c19-14-16(7-2-1-3-8-16)13-17-11-6-15(12-17)18-9-4-5-10-18/h15,19H,1-14H2. The molecule has 0 bridgehead atoms. The number of rotatable bonds is 4. The van der Waals surface area contributed by atoms with Crippen LogP contribution in [0, 0.1) is 5.41 Å². The molecule has 2 heterocycles. The van der Waals surface area contributed by atoms with Crippen molar-refractivity contribution in [2.45, 2.75) is 57.4 Å². The summed E-state index contributed by atoms with van der Waals surface area (Å²) in [6, 6.07) is 0.807. The van der Waals surface area contributed by atoms with Crippen molar-refractivity contribution in [1.82, 2.24) is 9.80 Å². The van der Waals surface area contributed by atoms with E-state index in [9.17, 15) is 5.11 Å². The smallest absolute Gasteiger partial charge is 0.0499 e. The third kappa shape index (κ3) is 3.14. The third-order valence-electron chi connectivity index (χ3n) is 5.71.